The molecule has 2 aromatic rings. The topological polar surface area (TPSA) is 56.8 Å². The van der Waals surface area contributed by atoms with Gasteiger partial charge < -0.3 is 14.7 Å². The Morgan fingerprint density at radius 2 is 1.93 bits per heavy atom. The van der Waals surface area contributed by atoms with Gasteiger partial charge in [0.15, 0.2) is 0 Å². The number of hydrogen-bond acceptors (Lipinski definition) is 5. The average molecular weight is 385 g/mol. The number of aromatic nitrogens is 1. The summed E-state index contributed by atoms with van der Waals surface area (Å²) in [7, 11) is 0. The van der Waals surface area contributed by atoms with Crippen LogP contribution >= 0.6 is 11.3 Å². The first kappa shape index (κ1) is 18.0. The minimum absolute atomic E-state index is 0.114. The molecule has 1 saturated heterocycles. The summed E-state index contributed by atoms with van der Waals surface area (Å²) in [4.78, 5) is 37.4. The summed E-state index contributed by atoms with van der Waals surface area (Å²) in [5, 5.41) is 0. The lowest BCUT2D eigenvalue weighted by Gasteiger charge is -2.35. The highest BCUT2D eigenvalue weighted by atomic mass is 32.1. The minimum Gasteiger partial charge on any atom is -0.353 e. The molecule has 0 bridgehead atoms. The maximum absolute atomic E-state index is 13.0. The second-order valence-electron chi connectivity index (χ2n) is 6.95. The zero-order valence-corrected chi connectivity index (χ0v) is 16.4. The van der Waals surface area contributed by atoms with Crippen molar-refractivity contribution in [3.8, 4) is 0 Å². The van der Waals surface area contributed by atoms with Crippen LogP contribution in [0.15, 0.2) is 30.5 Å². The molecule has 0 unspecified atom stereocenters. The zero-order valence-electron chi connectivity index (χ0n) is 15.6. The van der Waals surface area contributed by atoms with Crippen LogP contribution in [0.25, 0.3) is 0 Å². The van der Waals surface area contributed by atoms with Gasteiger partial charge >= 0.3 is 0 Å². The number of piperazine rings is 1. The summed E-state index contributed by atoms with van der Waals surface area (Å²) in [6.45, 7) is 6.30. The summed E-state index contributed by atoms with van der Waals surface area (Å²) in [6.07, 6.45) is 3.19. The summed E-state index contributed by atoms with van der Waals surface area (Å²) in [6, 6.07) is 7.91. The molecule has 2 aromatic heterocycles. The summed E-state index contributed by atoms with van der Waals surface area (Å²) < 4.78 is 0. The fraction of sp³-hybridized carbons (Fsp3) is 0.450. The van der Waals surface area contributed by atoms with Crippen molar-refractivity contribution < 1.29 is 9.59 Å². The third kappa shape index (κ3) is 3.69. The van der Waals surface area contributed by atoms with E-state index in [0.29, 0.717) is 26.1 Å². The van der Waals surface area contributed by atoms with E-state index in [1.165, 1.54) is 4.88 Å². The molecule has 27 heavy (non-hydrogen) atoms. The number of fused-ring (bicyclic) bond motifs is 1. The van der Waals surface area contributed by atoms with E-state index >= 15 is 0 Å². The van der Waals surface area contributed by atoms with E-state index < -0.39 is 0 Å². The zero-order chi connectivity index (χ0) is 18.8. The molecule has 0 spiro atoms. The Labute approximate surface area is 163 Å². The lowest BCUT2D eigenvalue weighted by Crippen LogP contribution is -2.48. The summed E-state index contributed by atoms with van der Waals surface area (Å²) >= 11 is 1.60. The van der Waals surface area contributed by atoms with Crippen LogP contribution in [0.4, 0.5) is 5.82 Å². The maximum atomic E-state index is 13.0. The second-order valence-corrected chi connectivity index (χ2v) is 8.08. The van der Waals surface area contributed by atoms with Crippen LogP contribution in [0.2, 0.25) is 0 Å². The van der Waals surface area contributed by atoms with Crippen LogP contribution in [-0.4, -0.2) is 59.3 Å². The molecule has 0 atom stereocenters. The van der Waals surface area contributed by atoms with Crippen molar-refractivity contribution in [1.29, 1.82) is 0 Å². The molecular formula is C20H24N4O2S. The number of carbonyl (C=O) groups excluding carboxylic acids is 2. The third-order valence-electron chi connectivity index (χ3n) is 5.27. The van der Waals surface area contributed by atoms with E-state index in [0.717, 1.165) is 42.3 Å². The Bertz CT molecular complexity index is 828. The maximum Gasteiger partial charge on any atom is 0.264 e. The fourth-order valence-electron chi connectivity index (χ4n) is 3.71. The molecule has 4 rings (SSSR count). The smallest absolute Gasteiger partial charge is 0.264 e. The molecule has 0 saturated carbocycles. The van der Waals surface area contributed by atoms with E-state index in [1.807, 2.05) is 41.0 Å². The Morgan fingerprint density at radius 3 is 2.63 bits per heavy atom. The SMILES string of the molecule is CCC(=O)N1CCc2sc(C(=O)N3CCN(c4ccccn4)CC3)cc2C1. The van der Waals surface area contributed by atoms with Crippen LogP contribution in [0.5, 0.6) is 0 Å². The third-order valence-corrected chi connectivity index (χ3v) is 6.50. The number of carbonyl (C=O) groups is 2. The molecule has 0 aromatic carbocycles. The Balaban J connectivity index is 1.40. The molecule has 0 radical (unpaired) electrons. The van der Waals surface area contributed by atoms with Crippen molar-refractivity contribution in [3.05, 3.63) is 45.8 Å². The number of nitrogens with zero attached hydrogens (tertiary/aromatic N) is 4. The van der Waals surface area contributed by atoms with Gasteiger partial charge in [-0.25, -0.2) is 4.98 Å². The van der Waals surface area contributed by atoms with Crippen LogP contribution in [0.3, 0.4) is 0 Å². The van der Waals surface area contributed by atoms with Gasteiger partial charge in [0.05, 0.1) is 4.88 Å². The highest BCUT2D eigenvalue weighted by Crippen LogP contribution is 2.29. The second kappa shape index (κ2) is 7.68. The molecule has 2 aliphatic rings. The minimum atomic E-state index is 0.114. The van der Waals surface area contributed by atoms with Crippen LogP contribution in [-0.2, 0) is 17.8 Å². The van der Waals surface area contributed by atoms with Crippen molar-refractivity contribution >= 4 is 29.0 Å². The Kier molecular flexibility index (Phi) is 5.11. The van der Waals surface area contributed by atoms with Crippen molar-refractivity contribution in [2.24, 2.45) is 0 Å². The Morgan fingerprint density at radius 1 is 1.11 bits per heavy atom. The molecule has 2 amide bonds. The van der Waals surface area contributed by atoms with E-state index in [4.69, 9.17) is 0 Å². The largest absolute Gasteiger partial charge is 0.353 e. The summed E-state index contributed by atoms with van der Waals surface area (Å²) in [5.74, 6) is 1.27. The molecule has 6 nitrogen and oxygen atoms in total. The number of rotatable bonds is 3. The average Bonchev–Trinajstić information content (AvgIpc) is 3.16. The van der Waals surface area contributed by atoms with Gasteiger partial charge in [-0.1, -0.05) is 13.0 Å². The highest BCUT2D eigenvalue weighted by molar-refractivity contribution is 7.14. The first-order chi connectivity index (χ1) is 13.2. The lowest BCUT2D eigenvalue weighted by atomic mass is 10.1. The quantitative estimate of drug-likeness (QED) is 0.815. The molecule has 0 N–H and O–H groups in total. The van der Waals surface area contributed by atoms with E-state index in [-0.39, 0.29) is 11.8 Å². The molecule has 142 valence electrons. The summed E-state index contributed by atoms with van der Waals surface area (Å²) in [5.41, 5.74) is 1.14. The van der Waals surface area contributed by atoms with E-state index in [1.54, 1.807) is 17.5 Å². The normalized spacial score (nSPS) is 17.0. The van der Waals surface area contributed by atoms with Gasteiger partial charge in [-0.2, -0.15) is 0 Å². The van der Waals surface area contributed by atoms with Crippen molar-refractivity contribution in [2.75, 3.05) is 37.6 Å². The van der Waals surface area contributed by atoms with Gasteiger partial charge in [-0.15, -0.1) is 11.3 Å². The fourth-order valence-corrected chi connectivity index (χ4v) is 4.84. The van der Waals surface area contributed by atoms with Gasteiger partial charge in [-0.3, -0.25) is 9.59 Å². The monoisotopic (exact) mass is 384 g/mol. The molecule has 7 heteroatoms. The molecular weight excluding hydrogens is 360 g/mol. The molecule has 0 aliphatic carbocycles. The van der Waals surface area contributed by atoms with E-state index in [9.17, 15) is 9.59 Å². The van der Waals surface area contributed by atoms with Crippen molar-refractivity contribution in [1.82, 2.24) is 14.8 Å². The number of thiophene rings is 1. The van der Waals surface area contributed by atoms with Crippen molar-refractivity contribution in [2.45, 2.75) is 26.3 Å². The number of pyridine rings is 1. The Hall–Kier alpha value is -2.41. The van der Waals surface area contributed by atoms with Gasteiger partial charge in [-0.05, 0) is 30.2 Å². The number of hydrogen-bond donors (Lipinski definition) is 0. The van der Waals surface area contributed by atoms with Gasteiger partial charge in [0, 0.05) is 56.8 Å². The van der Waals surface area contributed by atoms with Gasteiger partial charge in [0.2, 0.25) is 5.91 Å². The number of anilines is 1. The van der Waals surface area contributed by atoms with Crippen molar-refractivity contribution in [3.63, 3.8) is 0 Å². The first-order valence-electron chi connectivity index (χ1n) is 9.50. The highest BCUT2D eigenvalue weighted by Gasteiger charge is 2.27. The predicted octanol–water partition coefficient (Wildman–Crippen LogP) is 2.40. The van der Waals surface area contributed by atoms with E-state index in [2.05, 4.69) is 9.88 Å². The van der Waals surface area contributed by atoms with Crippen LogP contribution in [0.1, 0.15) is 33.5 Å². The number of amides is 2. The lowest BCUT2D eigenvalue weighted by molar-refractivity contribution is -0.131. The van der Waals surface area contributed by atoms with Crippen LogP contribution in [0, 0.1) is 0 Å². The van der Waals surface area contributed by atoms with Gasteiger partial charge in [0.25, 0.3) is 5.91 Å². The first-order valence-corrected chi connectivity index (χ1v) is 10.3. The predicted molar refractivity (Wildman–Crippen MR) is 106 cm³/mol. The molecule has 4 heterocycles. The molecule has 2 aliphatic heterocycles. The standard InChI is InChI=1S/C20H24N4O2S/c1-2-19(25)24-8-6-16-15(14-24)13-17(27-16)20(26)23-11-9-22(10-12-23)18-5-3-4-7-21-18/h3-5,7,13H,2,6,8-12,14H2,1H3. The molecule has 1 fully saturated rings. The van der Waals surface area contributed by atoms with Crippen LogP contribution < -0.4 is 4.90 Å². The van der Waals surface area contributed by atoms with Gasteiger partial charge in [0.1, 0.15) is 5.82 Å².